The Morgan fingerprint density at radius 3 is 2.45 bits per heavy atom. The predicted molar refractivity (Wildman–Crippen MR) is 185 cm³/mol. The standard InChI is InChI=1S/C36H44N8O3/c1-3-14-44(15-4-2)36(47)28-17-26-9-10-27(19-32(26)42-33(38)20-28)35(46)41-30-18-29-23-43(16-11-31(29)40-21-30)22-24-5-7-25(8-6-24)34(45)39-13-12-37/h5-10,17-19,21H,3-4,11-16,20,22-23,37H2,1-2H3,(H2,38,42)(H,39,45)(H,41,46). The molecule has 11 nitrogen and oxygen atoms in total. The molecular weight excluding hydrogens is 592 g/mol. The highest BCUT2D eigenvalue weighted by atomic mass is 16.2. The summed E-state index contributed by atoms with van der Waals surface area (Å²) in [5, 5.41) is 5.77. The van der Waals surface area contributed by atoms with Gasteiger partial charge in [0.1, 0.15) is 5.84 Å². The molecule has 0 saturated heterocycles. The molecule has 2 aliphatic rings. The van der Waals surface area contributed by atoms with Crippen molar-refractivity contribution in [2.75, 3.05) is 38.0 Å². The van der Waals surface area contributed by atoms with Gasteiger partial charge in [-0.1, -0.05) is 32.0 Å². The van der Waals surface area contributed by atoms with Crippen molar-refractivity contribution < 1.29 is 14.4 Å². The summed E-state index contributed by atoms with van der Waals surface area (Å²) < 4.78 is 0. The van der Waals surface area contributed by atoms with Crippen LogP contribution in [0.15, 0.2) is 65.3 Å². The normalized spacial score (nSPS) is 14.2. The van der Waals surface area contributed by atoms with E-state index in [2.05, 4.69) is 39.4 Å². The molecule has 11 heteroatoms. The number of nitrogens with two attached hydrogens (primary N) is 2. The maximum absolute atomic E-state index is 13.3. The maximum atomic E-state index is 13.3. The number of aliphatic imine (C=N–C) groups is 1. The van der Waals surface area contributed by atoms with Gasteiger partial charge in [-0.2, -0.15) is 0 Å². The molecule has 5 rings (SSSR count). The molecule has 2 aromatic carbocycles. The third kappa shape index (κ3) is 8.49. The summed E-state index contributed by atoms with van der Waals surface area (Å²) in [7, 11) is 0. The Bertz CT molecular complexity index is 1680. The first kappa shape index (κ1) is 33.5. The van der Waals surface area contributed by atoms with E-state index in [9.17, 15) is 14.4 Å². The molecule has 0 fully saturated rings. The number of rotatable bonds is 12. The van der Waals surface area contributed by atoms with Crippen LogP contribution < -0.4 is 22.1 Å². The Labute approximate surface area is 276 Å². The molecule has 0 radical (unpaired) electrons. The molecule has 2 aliphatic heterocycles. The summed E-state index contributed by atoms with van der Waals surface area (Å²) >= 11 is 0. The number of pyridine rings is 1. The molecular formula is C36H44N8O3. The molecule has 1 aromatic heterocycles. The van der Waals surface area contributed by atoms with Crippen molar-refractivity contribution in [1.82, 2.24) is 20.1 Å². The maximum Gasteiger partial charge on any atom is 0.255 e. The molecule has 0 atom stereocenters. The van der Waals surface area contributed by atoms with Crippen LogP contribution in [0.4, 0.5) is 11.4 Å². The number of fused-ring (bicyclic) bond motifs is 2. The van der Waals surface area contributed by atoms with Crippen molar-refractivity contribution in [1.29, 1.82) is 0 Å². The number of amidine groups is 1. The van der Waals surface area contributed by atoms with Gasteiger partial charge in [-0.25, -0.2) is 4.99 Å². The number of anilines is 1. The largest absolute Gasteiger partial charge is 0.387 e. The van der Waals surface area contributed by atoms with Crippen molar-refractivity contribution in [2.24, 2.45) is 16.5 Å². The highest BCUT2D eigenvalue weighted by molar-refractivity contribution is 6.08. The van der Waals surface area contributed by atoms with E-state index in [1.54, 1.807) is 18.3 Å². The second-order valence-corrected chi connectivity index (χ2v) is 12.0. The summed E-state index contributed by atoms with van der Waals surface area (Å²) in [5.74, 6) is -0.105. The SMILES string of the molecule is CCCN(CCC)C(=O)C1=Cc2ccc(C(=O)Nc3cnc4c(c3)CN(Cc3ccc(C(=O)NCCN)cc3)CC4)cc2N=C(N)C1. The van der Waals surface area contributed by atoms with Crippen molar-refractivity contribution in [3.63, 3.8) is 0 Å². The van der Waals surface area contributed by atoms with Gasteiger partial charge in [0.25, 0.3) is 11.8 Å². The summed E-state index contributed by atoms with van der Waals surface area (Å²) in [6, 6.07) is 14.9. The summed E-state index contributed by atoms with van der Waals surface area (Å²) in [5.41, 5.74) is 18.5. The number of benzene rings is 2. The number of nitrogens with one attached hydrogen (secondary N) is 2. The third-order valence-corrected chi connectivity index (χ3v) is 8.24. The second kappa shape index (κ2) is 15.6. The van der Waals surface area contributed by atoms with Crippen LogP contribution in [0.2, 0.25) is 0 Å². The van der Waals surface area contributed by atoms with Crippen LogP contribution in [-0.4, -0.2) is 71.1 Å². The van der Waals surface area contributed by atoms with Gasteiger partial charge in [0.15, 0.2) is 0 Å². The smallest absolute Gasteiger partial charge is 0.255 e. The van der Waals surface area contributed by atoms with E-state index in [0.29, 0.717) is 66.6 Å². The van der Waals surface area contributed by atoms with E-state index in [-0.39, 0.29) is 24.1 Å². The first-order valence-corrected chi connectivity index (χ1v) is 16.3. The minimum atomic E-state index is -0.284. The lowest BCUT2D eigenvalue weighted by Gasteiger charge is -2.28. The van der Waals surface area contributed by atoms with E-state index in [0.717, 1.165) is 54.7 Å². The number of hydrogen-bond acceptors (Lipinski definition) is 8. The summed E-state index contributed by atoms with van der Waals surface area (Å²) in [6.45, 7) is 8.62. The Hall–Kier alpha value is -4.87. The van der Waals surface area contributed by atoms with Gasteiger partial charge in [-0.15, -0.1) is 0 Å². The lowest BCUT2D eigenvalue weighted by molar-refractivity contribution is -0.127. The monoisotopic (exact) mass is 636 g/mol. The zero-order valence-electron chi connectivity index (χ0n) is 27.2. The minimum Gasteiger partial charge on any atom is -0.387 e. The van der Waals surface area contributed by atoms with Gasteiger partial charge in [0, 0.05) is 86.6 Å². The predicted octanol–water partition coefficient (Wildman–Crippen LogP) is 4.01. The van der Waals surface area contributed by atoms with Crippen molar-refractivity contribution in [2.45, 2.75) is 52.6 Å². The Kier molecular flexibility index (Phi) is 11.1. The first-order chi connectivity index (χ1) is 22.8. The first-order valence-electron chi connectivity index (χ1n) is 16.3. The lowest BCUT2D eigenvalue weighted by Crippen LogP contribution is -2.34. The van der Waals surface area contributed by atoms with Crippen LogP contribution in [-0.2, 0) is 24.3 Å². The third-order valence-electron chi connectivity index (χ3n) is 8.24. The molecule has 0 bridgehead atoms. The molecule has 0 aliphatic carbocycles. The van der Waals surface area contributed by atoms with Crippen molar-refractivity contribution in [3.8, 4) is 0 Å². The molecule has 6 N–H and O–H groups in total. The van der Waals surface area contributed by atoms with Crippen molar-refractivity contribution >= 4 is 41.0 Å². The van der Waals surface area contributed by atoms with E-state index >= 15 is 0 Å². The fourth-order valence-electron chi connectivity index (χ4n) is 5.93. The van der Waals surface area contributed by atoms with E-state index in [1.807, 2.05) is 47.4 Å². The molecule has 0 unspecified atom stereocenters. The van der Waals surface area contributed by atoms with E-state index in [4.69, 9.17) is 11.5 Å². The van der Waals surface area contributed by atoms with Crippen LogP contribution in [0.5, 0.6) is 0 Å². The Balaban J connectivity index is 1.25. The molecule has 3 aromatic rings. The van der Waals surface area contributed by atoms with E-state index < -0.39 is 0 Å². The minimum absolute atomic E-state index is 0.0269. The van der Waals surface area contributed by atoms with E-state index in [1.165, 1.54) is 0 Å². The molecule has 47 heavy (non-hydrogen) atoms. The number of hydrogen-bond donors (Lipinski definition) is 4. The number of amides is 3. The topological polar surface area (TPSA) is 159 Å². The van der Waals surface area contributed by atoms with Gasteiger partial charge >= 0.3 is 0 Å². The molecule has 0 spiro atoms. The van der Waals surface area contributed by atoms with Gasteiger partial charge < -0.3 is 27.0 Å². The Morgan fingerprint density at radius 1 is 0.979 bits per heavy atom. The number of carbonyl (C=O) groups excluding carboxylic acids is 3. The van der Waals surface area contributed by atoms with Crippen LogP contribution >= 0.6 is 0 Å². The number of nitrogens with zero attached hydrogens (tertiary/aromatic N) is 4. The molecule has 246 valence electrons. The Morgan fingerprint density at radius 2 is 1.72 bits per heavy atom. The number of aromatic nitrogens is 1. The summed E-state index contributed by atoms with van der Waals surface area (Å²) in [4.78, 5) is 52.2. The van der Waals surface area contributed by atoms with Crippen LogP contribution in [0.25, 0.3) is 6.08 Å². The van der Waals surface area contributed by atoms with Gasteiger partial charge in [0.05, 0.1) is 17.6 Å². The molecule has 3 heterocycles. The van der Waals surface area contributed by atoms with Crippen molar-refractivity contribution in [3.05, 3.63) is 93.8 Å². The van der Waals surface area contributed by atoms with Crippen LogP contribution in [0, 0.1) is 0 Å². The van der Waals surface area contributed by atoms with Crippen LogP contribution in [0.1, 0.15) is 76.2 Å². The highest BCUT2D eigenvalue weighted by Crippen LogP contribution is 2.29. The molecule has 0 saturated carbocycles. The summed E-state index contributed by atoms with van der Waals surface area (Å²) in [6.07, 6.45) is 6.36. The average Bonchev–Trinajstić information content (AvgIpc) is 3.24. The van der Waals surface area contributed by atoms with Crippen LogP contribution in [0.3, 0.4) is 0 Å². The molecule has 3 amide bonds. The second-order valence-electron chi connectivity index (χ2n) is 12.0. The fraction of sp³-hybridized carbons (Fsp3) is 0.361. The average molecular weight is 637 g/mol. The highest BCUT2D eigenvalue weighted by Gasteiger charge is 2.22. The quantitative estimate of drug-likeness (QED) is 0.234. The van der Waals surface area contributed by atoms with Gasteiger partial charge in [0.2, 0.25) is 5.91 Å². The fourth-order valence-corrected chi connectivity index (χ4v) is 5.93. The van der Waals surface area contributed by atoms with Gasteiger partial charge in [-0.05, 0) is 60.4 Å². The van der Waals surface area contributed by atoms with Gasteiger partial charge in [-0.3, -0.25) is 24.3 Å². The zero-order chi connectivity index (χ0) is 33.3. The zero-order valence-corrected chi connectivity index (χ0v) is 27.2. The lowest BCUT2D eigenvalue weighted by atomic mass is 10.0. The number of carbonyl (C=O) groups is 3.